The van der Waals surface area contributed by atoms with Crippen molar-refractivity contribution >= 4 is 28.9 Å². The molecule has 2 amide bonds. The molecule has 3 N–H and O–H groups in total. The zero-order valence-electron chi connectivity index (χ0n) is 11.1. The van der Waals surface area contributed by atoms with Crippen molar-refractivity contribution in [3.8, 4) is 5.75 Å². The van der Waals surface area contributed by atoms with Gasteiger partial charge in [0.25, 0.3) is 0 Å². The molecule has 0 saturated heterocycles. The van der Waals surface area contributed by atoms with Gasteiger partial charge in [0.1, 0.15) is 5.75 Å². The van der Waals surface area contributed by atoms with Crippen molar-refractivity contribution in [2.45, 2.75) is 12.8 Å². The maximum atomic E-state index is 12.0. The van der Waals surface area contributed by atoms with Gasteiger partial charge in [0.15, 0.2) is 0 Å². The van der Waals surface area contributed by atoms with E-state index in [1.807, 2.05) is 0 Å². The van der Waals surface area contributed by atoms with Crippen molar-refractivity contribution in [2.24, 2.45) is 5.73 Å². The molecule has 0 bridgehead atoms. The van der Waals surface area contributed by atoms with Crippen LogP contribution in [0.4, 0.5) is 23.7 Å². The first-order valence-corrected chi connectivity index (χ1v) is 6.24. The second-order valence-corrected chi connectivity index (χ2v) is 4.66. The minimum absolute atomic E-state index is 0.295. The number of halogens is 3. The Morgan fingerprint density at radius 2 is 1.95 bits per heavy atom. The van der Waals surface area contributed by atoms with Crippen LogP contribution in [0, 0.1) is 0 Å². The first-order chi connectivity index (χ1) is 9.67. The summed E-state index contributed by atoms with van der Waals surface area (Å²) in [5, 5.41) is 2.52. The highest BCUT2D eigenvalue weighted by Gasteiger charge is 2.30. The van der Waals surface area contributed by atoms with Crippen LogP contribution in [-0.2, 0) is 0 Å². The number of urea groups is 1. The fourth-order valence-corrected chi connectivity index (χ4v) is 1.43. The molecule has 21 heavy (non-hydrogen) atoms. The van der Waals surface area contributed by atoms with Crippen molar-refractivity contribution in [2.75, 3.05) is 18.9 Å². The Balaban J connectivity index is 2.55. The van der Waals surface area contributed by atoms with Crippen LogP contribution in [0.2, 0.25) is 0 Å². The Labute approximate surface area is 124 Å². The second kappa shape index (κ2) is 7.11. The number of amides is 2. The zero-order chi connectivity index (χ0) is 16.0. The van der Waals surface area contributed by atoms with E-state index < -0.39 is 12.4 Å². The van der Waals surface area contributed by atoms with E-state index in [0.29, 0.717) is 23.6 Å². The number of nitrogens with two attached hydrogens (primary N) is 1. The maximum Gasteiger partial charge on any atom is 0.573 e. The summed E-state index contributed by atoms with van der Waals surface area (Å²) >= 11 is 4.70. The number of carbonyl (C=O) groups is 1. The summed E-state index contributed by atoms with van der Waals surface area (Å²) in [6.07, 6.45) is -4.36. The Kier molecular flexibility index (Phi) is 5.77. The quantitative estimate of drug-likeness (QED) is 0.818. The summed E-state index contributed by atoms with van der Waals surface area (Å²) in [6.45, 7) is 0.344. The summed E-state index contributed by atoms with van der Waals surface area (Å²) in [5.74, 6) is -0.359. The van der Waals surface area contributed by atoms with E-state index in [1.165, 1.54) is 17.0 Å². The highest BCUT2D eigenvalue weighted by molar-refractivity contribution is 7.80. The van der Waals surface area contributed by atoms with Crippen LogP contribution in [0.1, 0.15) is 6.42 Å². The molecular weight excluding hydrogens is 307 g/mol. The van der Waals surface area contributed by atoms with Crippen molar-refractivity contribution in [3.05, 3.63) is 24.3 Å². The average molecular weight is 321 g/mol. The van der Waals surface area contributed by atoms with Crippen molar-refractivity contribution in [1.82, 2.24) is 4.90 Å². The van der Waals surface area contributed by atoms with Crippen molar-refractivity contribution < 1.29 is 22.7 Å². The molecule has 0 fully saturated rings. The van der Waals surface area contributed by atoms with Gasteiger partial charge in [-0.2, -0.15) is 0 Å². The van der Waals surface area contributed by atoms with E-state index in [2.05, 4.69) is 10.1 Å². The van der Waals surface area contributed by atoms with Gasteiger partial charge in [-0.25, -0.2) is 4.79 Å². The SMILES string of the molecule is CN(CCC(N)=S)C(=O)Nc1ccc(OC(F)(F)F)cc1. The summed E-state index contributed by atoms with van der Waals surface area (Å²) in [4.78, 5) is 13.4. The molecule has 116 valence electrons. The van der Waals surface area contributed by atoms with E-state index in [1.54, 1.807) is 7.05 Å². The topological polar surface area (TPSA) is 67.6 Å². The largest absolute Gasteiger partial charge is 0.573 e. The van der Waals surface area contributed by atoms with Gasteiger partial charge in [-0.15, -0.1) is 13.2 Å². The average Bonchev–Trinajstić information content (AvgIpc) is 2.36. The molecule has 0 unspecified atom stereocenters. The first-order valence-electron chi connectivity index (χ1n) is 5.83. The summed E-state index contributed by atoms with van der Waals surface area (Å²) in [7, 11) is 1.55. The second-order valence-electron chi connectivity index (χ2n) is 4.14. The lowest BCUT2D eigenvalue weighted by Crippen LogP contribution is -2.33. The van der Waals surface area contributed by atoms with Gasteiger partial charge < -0.3 is 20.7 Å². The smallest absolute Gasteiger partial charge is 0.406 e. The molecule has 1 aromatic rings. The van der Waals surface area contributed by atoms with E-state index in [0.717, 1.165) is 12.1 Å². The molecule has 0 aromatic heterocycles. The number of rotatable bonds is 5. The Bertz CT molecular complexity index is 505. The van der Waals surface area contributed by atoms with E-state index in [4.69, 9.17) is 18.0 Å². The number of alkyl halides is 3. The van der Waals surface area contributed by atoms with Gasteiger partial charge in [-0.05, 0) is 24.3 Å². The molecule has 5 nitrogen and oxygen atoms in total. The molecule has 0 radical (unpaired) electrons. The van der Waals surface area contributed by atoms with Gasteiger partial charge in [-0.1, -0.05) is 12.2 Å². The third kappa shape index (κ3) is 6.80. The minimum atomic E-state index is -4.74. The molecule has 1 rings (SSSR count). The third-order valence-corrected chi connectivity index (χ3v) is 2.58. The first kappa shape index (κ1) is 17.0. The molecule has 0 aliphatic rings. The number of benzene rings is 1. The summed E-state index contributed by atoms with van der Waals surface area (Å²) < 4.78 is 39.7. The molecule has 9 heteroatoms. The summed E-state index contributed by atoms with van der Waals surface area (Å²) in [5.41, 5.74) is 5.67. The van der Waals surface area contributed by atoms with Crippen LogP contribution < -0.4 is 15.8 Å². The van der Waals surface area contributed by atoms with Crippen molar-refractivity contribution in [1.29, 1.82) is 0 Å². The number of ether oxygens (including phenoxy) is 1. The van der Waals surface area contributed by atoms with Gasteiger partial charge in [0, 0.05) is 25.7 Å². The number of hydrogen-bond donors (Lipinski definition) is 2. The van der Waals surface area contributed by atoms with Crippen LogP contribution >= 0.6 is 12.2 Å². The number of thiocarbonyl (C=S) groups is 1. The molecular formula is C12H14F3N3O2S. The number of hydrogen-bond acceptors (Lipinski definition) is 3. The lowest BCUT2D eigenvalue weighted by Gasteiger charge is -2.17. The van der Waals surface area contributed by atoms with Crippen LogP contribution in [0.15, 0.2) is 24.3 Å². The standard InChI is InChI=1S/C12H14F3N3O2S/c1-18(7-6-10(16)21)11(19)17-8-2-4-9(5-3-8)20-12(13,14)15/h2-5H,6-7H2,1H3,(H2,16,21)(H,17,19). The maximum absolute atomic E-state index is 12.0. The van der Waals surface area contributed by atoms with Crippen LogP contribution in [0.25, 0.3) is 0 Å². The fourth-order valence-electron chi connectivity index (χ4n) is 1.34. The lowest BCUT2D eigenvalue weighted by molar-refractivity contribution is -0.274. The number of carbonyl (C=O) groups excluding carboxylic acids is 1. The molecule has 0 atom stereocenters. The molecule has 0 heterocycles. The number of nitrogens with one attached hydrogen (secondary N) is 1. The molecule has 0 saturated carbocycles. The monoisotopic (exact) mass is 321 g/mol. The van der Waals surface area contributed by atoms with Gasteiger partial charge in [0.05, 0.1) is 4.99 Å². The van der Waals surface area contributed by atoms with E-state index in [9.17, 15) is 18.0 Å². The molecule has 0 aliphatic heterocycles. The van der Waals surface area contributed by atoms with Gasteiger partial charge in [0.2, 0.25) is 0 Å². The Morgan fingerprint density at radius 1 is 1.38 bits per heavy atom. The molecule has 0 aliphatic carbocycles. The minimum Gasteiger partial charge on any atom is -0.406 e. The highest BCUT2D eigenvalue weighted by atomic mass is 32.1. The lowest BCUT2D eigenvalue weighted by atomic mass is 10.3. The summed E-state index contributed by atoms with van der Waals surface area (Å²) in [6, 6.07) is 4.41. The predicted molar refractivity (Wildman–Crippen MR) is 76.2 cm³/mol. The van der Waals surface area contributed by atoms with Crippen molar-refractivity contribution in [3.63, 3.8) is 0 Å². The van der Waals surface area contributed by atoms with Gasteiger partial charge >= 0.3 is 12.4 Å². The number of anilines is 1. The van der Waals surface area contributed by atoms with Crippen LogP contribution in [-0.4, -0.2) is 35.9 Å². The van der Waals surface area contributed by atoms with Crippen LogP contribution in [0.3, 0.4) is 0 Å². The normalized spacial score (nSPS) is 10.9. The van der Waals surface area contributed by atoms with E-state index >= 15 is 0 Å². The molecule has 0 spiro atoms. The predicted octanol–water partition coefficient (Wildman–Crippen LogP) is 2.73. The highest BCUT2D eigenvalue weighted by Crippen LogP contribution is 2.23. The van der Waals surface area contributed by atoms with Gasteiger partial charge in [-0.3, -0.25) is 0 Å². The fraction of sp³-hybridized carbons (Fsp3) is 0.333. The van der Waals surface area contributed by atoms with E-state index in [-0.39, 0.29) is 5.75 Å². The third-order valence-electron chi connectivity index (χ3n) is 2.38. The Hall–Kier alpha value is -2.03. The van der Waals surface area contributed by atoms with Crippen LogP contribution in [0.5, 0.6) is 5.75 Å². The molecule has 1 aromatic carbocycles. The Morgan fingerprint density at radius 3 is 2.43 bits per heavy atom. The zero-order valence-corrected chi connectivity index (χ0v) is 11.9. The number of nitrogens with zero attached hydrogens (tertiary/aromatic N) is 1.